The van der Waals surface area contributed by atoms with E-state index >= 15 is 0 Å². The summed E-state index contributed by atoms with van der Waals surface area (Å²) in [5, 5.41) is 2.88. The zero-order valence-corrected chi connectivity index (χ0v) is 9.95. The molecule has 0 radical (unpaired) electrons. The summed E-state index contributed by atoms with van der Waals surface area (Å²) in [6.45, 7) is 4.54. The number of nitrogens with zero attached hydrogens (tertiary/aromatic N) is 1. The summed E-state index contributed by atoms with van der Waals surface area (Å²) in [5.74, 6) is -0.0781. The van der Waals surface area contributed by atoms with Gasteiger partial charge in [-0.15, -0.1) is 0 Å². The van der Waals surface area contributed by atoms with Crippen molar-refractivity contribution in [1.29, 1.82) is 0 Å². The van der Waals surface area contributed by atoms with Crippen molar-refractivity contribution in [2.24, 2.45) is 0 Å². The Morgan fingerprint density at radius 3 is 2.65 bits per heavy atom. The number of carbonyl (C=O) groups is 1. The molecule has 0 aromatic carbocycles. The second kappa shape index (κ2) is 4.82. The maximum absolute atomic E-state index is 11.8. The van der Waals surface area contributed by atoms with Crippen LogP contribution in [0.5, 0.6) is 0 Å². The van der Waals surface area contributed by atoms with Crippen LogP contribution in [-0.2, 0) is 6.54 Å². The van der Waals surface area contributed by atoms with E-state index in [0.717, 1.165) is 17.0 Å². The molecule has 2 aromatic heterocycles. The Kier molecular flexibility index (Phi) is 3.23. The smallest absolute Gasteiger partial charge is 0.251 e. The number of carbonyl (C=O) groups excluding carboxylic acids is 1. The predicted octanol–water partition coefficient (Wildman–Crippen LogP) is 1.96. The van der Waals surface area contributed by atoms with Crippen LogP contribution < -0.4 is 5.32 Å². The first kappa shape index (κ1) is 11.4. The van der Waals surface area contributed by atoms with E-state index < -0.39 is 0 Å². The van der Waals surface area contributed by atoms with Crippen molar-refractivity contribution in [3.8, 4) is 0 Å². The van der Waals surface area contributed by atoms with E-state index in [9.17, 15) is 4.79 Å². The minimum Gasteiger partial charge on any atom is -0.362 e. The molecule has 17 heavy (non-hydrogen) atoms. The van der Waals surface area contributed by atoms with Crippen LogP contribution in [0.1, 0.15) is 27.3 Å². The van der Waals surface area contributed by atoms with Gasteiger partial charge in [0.1, 0.15) is 0 Å². The van der Waals surface area contributed by atoms with Crippen LogP contribution >= 0.6 is 0 Å². The number of rotatable bonds is 3. The number of amides is 1. The van der Waals surface area contributed by atoms with Gasteiger partial charge in [-0.05, 0) is 37.6 Å². The SMILES string of the molecule is Cc1cc(CNC(=O)c2ccncc2)c(C)[nH]1. The fraction of sp³-hybridized carbons (Fsp3) is 0.231. The van der Waals surface area contributed by atoms with Crippen LogP contribution in [0.2, 0.25) is 0 Å². The molecule has 2 N–H and O–H groups in total. The monoisotopic (exact) mass is 229 g/mol. The third kappa shape index (κ3) is 2.72. The third-order valence-electron chi connectivity index (χ3n) is 2.64. The highest BCUT2D eigenvalue weighted by Crippen LogP contribution is 2.09. The molecular formula is C13H15N3O. The maximum atomic E-state index is 11.8. The molecule has 4 heteroatoms. The molecule has 0 bridgehead atoms. The minimum absolute atomic E-state index is 0.0781. The second-order valence-corrected chi connectivity index (χ2v) is 4.02. The summed E-state index contributed by atoms with van der Waals surface area (Å²) >= 11 is 0. The quantitative estimate of drug-likeness (QED) is 0.845. The second-order valence-electron chi connectivity index (χ2n) is 4.02. The maximum Gasteiger partial charge on any atom is 0.251 e. The standard InChI is InChI=1S/C13H15N3O/c1-9-7-12(10(2)16-9)8-15-13(17)11-3-5-14-6-4-11/h3-7,16H,8H2,1-2H3,(H,15,17). The summed E-state index contributed by atoms with van der Waals surface area (Å²) in [5.41, 5.74) is 3.95. The lowest BCUT2D eigenvalue weighted by Crippen LogP contribution is -2.22. The number of H-pyrrole nitrogens is 1. The first-order chi connectivity index (χ1) is 8.16. The molecule has 2 rings (SSSR count). The highest BCUT2D eigenvalue weighted by Gasteiger charge is 2.06. The van der Waals surface area contributed by atoms with Crippen LogP contribution in [0.25, 0.3) is 0 Å². The molecular weight excluding hydrogens is 214 g/mol. The summed E-state index contributed by atoms with van der Waals surface area (Å²) in [6.07, 6.45) is 3.22. The number of nitrogens with one attached hydrogen (secondary N) is 2. The molecule has 0 unspecified atom stereocenters. The van der Waals surface area contributed by atoms with Gasteiger partial charge in [-0.2, -0.15) is 0 Å². The minimum atomic E-state index is -0.0781. The number of hydrogen-bond acceptors (Lipinski definition) is 2. The lowest BCUT2D eigenvalue weighted by Gasteiger charge is -2.04. The third-order valence-corrected chi connectivity index (χ3v) is 2.64. The summed E-state index contributed by atoms with van der Waals surface area (Å²) in [4.78, 5) is 18.9. The van der Waals surface area contributed by atoms with E-state index in [2.05, 4.69) is 15.3 Å². The van der Waals surface area contributed by atoms with Crippen molar-refractivity contribution in [2.75, 3.05) is 0 Å². The van der Waals surface area contributed by atoms with Gasteiger partial charge in [-0.3, -0.25) is 9.78 Å². The van der Waals surface area contributed by atoms with Gasteiger partial charge in [0.15, 0.2) is 0 Å². The Morgan fingerprint density at radius 2 is 2.06 bits per heavy atom. The topological polar surface area (TPSA) is 57.8 Å². The van der Waals surface area contributed by atoms with E-state index in [0.29, 0.717) is 12.1 Å². The number of pyridine rings is 1. The predicted molar refractivity (Wildman–Crippen MR) is 65.7 cm³/mol. The summed E-state index contributed by atoms with van der Waals surface area (Å²) in [7, 11) is 0. The Balaban J connectivity index is 1.99. The van der Waals surface area contributed by atoms with Crippen LogP contribution in [0.3, 0.4) is 0 Å². The van der Waals surface area contributed by atoms with Crippen LogP contribution in [0.4, 0.5) is 0 Å². The molecule has 0 aliphatic rings. The molecule has 0 saturated carbocycles. The van der Waals surface area contributed by atoms with Gasteiger partial charge in [0, 0.05) is 35.9 Å². The fourth-order valence-corrected chi connectivity index (χ4v) is 1.75. The first-order valence-corrected chi connectivity index (χ1v) is 5.50. The van der Waals surface area contributed by atoms with Crippen LogP contribution in [0.15, 0.2) is 30.6 Å². The van der Waals surface area contributed by atoms with E-state index in [-0.39, 0.29) is 5.91 Å². The van der Waals surface area contributed by atoms with E-state index in [4.69, 9.17) is 0 Å². The Labute approximate surface area is 100 Å². The van der Waals surface area contributed by atoms with Crippen molar-refractivity contribution in [2.45, 2.75) is 20.4 Å². The van der Waals surface area contributed by atoms with E-state index in [1.807, 2.05) is 19.9 Å². The molecule has 0 aliphatic heterocycles. The van der Waals surface area contributed by atoms with Crippen LogP contribution in [-0.4, -0.2) is 15.9 Å². The van der Waals surface area contributed by atoms with E-state index in [1.54, 1.807) is 24.5 Å². The van der Waals surface area contributed by atoms with Gasteiger partial charge in [0.2, 0.25) is 0 Å². The highest BCUT2D eigenvalue weighted by atomic mass is 16.1. The van der Waals surface area contributed by atoms with Gasteiger partial charge in [-0.25, -0.2) is 0 Å². The Morgan fingerprint density at radius 1 is 1.35 bits per heavy atom. The van der Waals surface area contributed by atoms with Gasteiger partial charge >= 0.3 is 0 Å². The Hall–Kier alpha value is -2.10. The average Bonchev–Trinajstić information content (AvgIpc) is 2.66. The van der Waals surface area contributed by atoms with Crippen molar-refractivity contribution < 1.29 is 4.79 Å². The zero-order chi connectivity index (χ0) is 12.3. The molecule has 0 atom stereocenters. The fourth-order valence-electron chi connectivity index (χ4n) is 1.75. The number of aryl methyl sites for hydroxylation is 2. The van der Waals surface area contributed by atoms with Gasteiger partial charge < -0.3 is 10.3 Å². The molecule has 0 aliphatic carbocycles. The summed E-state index contributed by atoms with van der Waals surface area (Å²) in [6, 6.07) is 5.44. The zero-order valence-electron chi connectivity index (χ0n) is 9.95. The van der Waals surface area contributed by atoms with Crippen molar-refractivity contribution in [1.82, 2.24) is 15.3 Å². The van der Waals surface area contributed by atoms with Gasteiger partial charge in [0.05, 0.1) is 0 Å². The molecule has 0 fully saturated rings. The lowest BCUT2D eigenvalue weighted by molar-refractivity contribution is 0.0951. The largest absolute Gasteiger partial charge is 0.362 e. The van der Waals surface area contributed by atoms with E-state index in [1.165, 1.54) is 0 Å². The normalized spacial score (nSPS) is 10.2. The lowest BCUT2D eigenvalue weighted by atomic mass is 10.2. The van der Waals surface area contributed by atoms with Gasteiger partial charge in [-0.1, -0.05) is 0 Å². The molecule has 1 amide bonds. The van der Waals surface area contributed by atoms with Crippen molar-refractivity contribution >= 4 is 5.91 Å². The van der Waals surface area contributed by atoms with Crippen LogP contribution in [0, 0.1) is 13.8 Å². The summed E-state index contributed by atoms with van der Waals surface area (Å²) < 4.78 is 0. The molecule has 4 nitrogen and oxygen atoms in total. The number of hydrogen-bond donors (Lipinski definition) is 2. The Bertz CT molecular complexity index is 517. The van der Waals surface area contributed by atoms with Crippen molar-refractivity contribution in [3.05, 3.63) is 53.1 Å². The highest BCUT2D eigenvalue weighted by molar-refractivity contribution is 5.93. The molecule has 0 saturated heterocycles. The molecule has 88 valence electrons. The number of aromatic nitrogens is 2. The van der Waals surface area contributed by atoms with Crippen molar-refractivity contribution in [3.63, 3.8) is 0 Å². The molecule has 0 spiro atoms. The van der Waals surface area contributed by atoms with Gasteiger partial charge in [0.25, 0.3) is 5.91 Å². The number of aromatic amines is 1. The first-order valence-electron chi connectivity index (χ1n) is 5.50. The molecule has 2 aromatic rings. The average molecular weight is 229 g/mol. The molecule has 2 heterocycles.